The van der Waals surface area contributed by atoms with Gasteiger partial charge in [0.2, 0.25) is 4.38 Å². The summed E-state index contributed by atoms with van der Waals surface area (Å²) in [6.07, 6.45) is 6.99. The van der Waals surface area contributed by atoms with E-state index in [-0.39, 0.29) is 0 Å². The molecule has 0 aliphatic carbocycles. The summed E-state index contributed by atoms with van der Waals surface area (Å²) in [7, 11) is 0. The largest absolute Gasteiger partial charge is 0.474 e. The smallest absolute Gasteiger partial charge is 0.220 e. The molecule has 0 aromatic carbocycles. The van der Waals surface area contributed by atoms with Gasteiger partial charge in [-0.25, -0.2) is 0 Å². The lowest BCUT2D eigenvalue weighted by Gasteiger charge is -1.98. The summed E-state index contributed by atoms with van der Waals surface area (Å²) < 4.78 is 5.71. The molecule has 0 spiro atoms. The molecule has 0 bridgehead atoms. The molecule has 0 aromatic heterocycles. The summed E-state index contributed by atoms with van der Waals surface area (Å²) in [6.45, 7) is 2.69. The van der Waals surface area contributed by atoms with Crippen molar-refractivity contribution in [3.63, 3.8) is 0 Å². The third-order valence-electron chi connectivity index (χ3n) is 0.866. The van der Waals surface area contributed by atoms with Crippen molar-refractivity contribution in [2.75, 3.05) is 12.9 Å². The molecule has 0 aromatic rings. The van der Waals surface area contributed by atoms with E-state index in [0.717, 1.165) is 6.42 Å². The highest BCUT2D eigenvalue weighted by Crippen LogP contribution is 1.98. The number of hydrogen-bond donors (Lipinski definition) is 0. The summed E-state index contributed by atoms with van der Waals surface area (Å²) in [5.41, 5.74) is 0. The van der Waals surface area contributed by atoms with E-state index in [1.807, 2.05) is 12.3 Å². The van der Waals surface area contributed by atoms with E-state index in [0.29, 0.717) is 11.0 Å². The third-order valence-corrected chi connectivity index (χ3v) is 1.94. The zero-order valence-electron chi connectivity index (χ0n) is 6.29. The SMILES string of the molecule is CC/C=C/COC(=S)SC. The Labute approximate surface area is 71.8 Å². The number of thioether (sulfide) groups is 1. The molecular formula is C7H12OS2. The Kier molecular flexibility index (Phi) is 7.08. The minimum absolute atomic E-state index is 0.605. The van der Waals surface area contributed by atoms with Crippen LogP contribution >= 0.6 is 24.0 Å². The number of hydrogen-bond acceptors (Lipinski definition) is 3. The fourth-order valence-corrected chi connectivity index (χ4v) is 0.664. The molecule has 0 aliphatic rings. The van der Waals surface area contributed by atoms with Crippen LogP contribution in [0.15, 0.2) is 12.2 Å². The Morgan fingerprint density at radius 2 is 2.30 bits per heavy atom. The molecule has 58 valence electrons. The first-order valence-corrected chi connectivity index (χ1v) is 4.80. The molecule has 1 nitrogen and oxygen atoms in total. The lowest BCUT2D eigenvalue weighted by molar-refractivity contribution is 0.370. The molecular weight excluding hydrogens is 164 g/mol. The number of thiocarbonyl (C=S) groups is 1. The number of ether oxygens (including phenoxy) is 1. The maximum atomic E-state index is 5.10. The van der Waals surface area contributed by atoms with E-state index in [1.165, 1.54) is 11.8 Å². The molecule has 0 heterocycles. The molecule has 0 aliphatic heterocycles. The first-order chi connectivity index (χ1) is 4.81. The molecule has 0 fully saturated rings. The van der Waals surface area contributed by atoms with Gasteiger partial charge in [0.25, 0.3) is 0 Å². The third kappa shape index (κ3) is 6.11. The second-order valence-corrected chi connectivity index (χ2v) is 3.05. The van der Waals surface area contributed by atoms with Gasteiger partial charge < -0.3 is 4.74 Å². The molecule has 3 heteroatoms. The van der Waals surface area contributed by atoms with E-state index < -0.39 is 0 Å². The fourth-order valence-electron chi connectivity index (χ4n) is 0.410. The quantitative estimate of drug-likeness (QED) is 0.483. The predicted molar refractivity (Wildman–Crippen MR) is 51.5 cm³/mol. The van der Waals surface area contributed by atoms with Gasteiger partial charge in [-0.1, -0.05) is 30.8 Å². The molecule has 0 amide bonds. The fraction of sp³-hybridized carbons (Fsp3) is 0.571. The zero-order valence-corrected chi connectivity index (χ0v) is 7.93. The number of allylic oxidation sites excluding steroid dienone is 1. The van der Waals surface area contributed by atoms with Gasteiger partial charge in [0, 0.05) is 0 Å². The monoisotopic (exact) mass is 176 g/mol. The summed E-state index contributed by atoms with van der Waals surface area (Å²) in [5, 5.41) is 0. The van der Waals surface area contributed by atoms with E-state index in [4.69, 9.17) is 17.0 Å². The van der Waals surface area contributed by atoms with Gasteiger partial charge in [0.1, 0.15) is 6.61 Å². The van der Waals surface area contributed by atoms with Crippen molar-refractivity contribution in [3.8, 4) is 0 Å². The van der Waals surface area contributed by atoms with Crippen LogP contribution in [0.5, 0.6) is 0 Å². The highest BCUT2D eigenvalue weighted by Gasteiger charge is 1.88. The first kappa shape index (κ1) is 9.98. The van der Waals surface area contributed by atoms with Gasteiger partial charge in [-0.3, -0.25) is 0 Å². The average Bonchev–Trinajstić information content (AvgIpc) is 1.98. The van der Waals surface area contributed by atoms with Crippen molar-refractivity contribution in [2.24, 2.45) is 0 Å². The molecule has 0 saturated heterocycles. The van der Waals surface area contributed by atoms with Gasteiger partial charge in [-0.15, -0.1) is 0 Å². The van der Waals surface area contributed by atoms with Crippen LogP contribution in [0, 0.1) is 0 Å². The van der Waals surface area contributed by atoms with E-state index >= 15 is 0 Å². The Bertz CT molecular complexity index is 121. The highest BCUT2D eigenvalue weighted by molar-refractivity contribution is 8.22. The summed E-state index contributed by atoms with van der Waals surface area (Å²) in [6, 6.07) is 0. The van der Waals surface area contributed by atoms with Gasteiger partial charge in [-0.05, 0) is 24.9 Å². The van der Waals surface area contributed by atoms with Crippen molar-refractivity contribution >= 4 is 28.4 Å². The van der Waals surface area contributed by atoms with Crippen molar-refractivity contribution < 1.29 is 4.74 Å². The van der Waals surface area contributed by atoms with E-state index in [2.05, 4.69) is 13.0 Å². The van der Waals surface area contributed by atoms with Crippen LogP contribution in [0.3, 0.4) is 0 Å². The van der Waals surface area contributed by atoms with Gasteiger partial charge in [0.05, 0.1) is 0 Å². The van der Waals surface area contributed by atoms with E-state index in [9.17, 15) is 0 Å². The molecule has 0 radical (unpaired) electrons. The first-order valence-electron chi connectivity index (χ1n) is 3.17. The van der Waals surface area contributed by atoms with Crippen LogP contribution < -0.4 is 0 Å². The zero-order chi connectivity index (χ0) is 7.82. The van der Waals surface area contributed by atoms with Crippen molar-refractivity contribution in [1.29, 1.82) is 0 Å². The second kappa shape index (κ2) is 7.09. The van der Waals surface area contributed by atoms with Crippen molar-refractivity contribution in [1.82, 2.24) is 0 Å². The minimum atomic E-state index is 0.605. The molecule has 10 heavy (non-hydrogen) atoms. The molecule has 0 saturated carbocycles. The molecule has 0 atom stereocenters. The maximum absolute atomic E-state index is 5.10. The van der Waals surface area contributed by atoms with Crippen LogP contribution in [-0.4, -0.2) is 17.2 Å². The van der Waals surface area contributed by atoms with E-state index in [1.54, 1.807) is 0 Å². The van der Waals surface area contributed by atoms with Crippen LogP contribution in [0.25, 0.3) is 0 Å². The lowest BCUT2D eigenvalue weighted by atomic mass is 10.4. The molecule has 0 unspecified atom stereocenters. The highest BCUT2D eigenvalue weighted by atomic mass is 32.2. The van der Waals surface area contributed by atoms with Crippen LogP contribution in [0.1, 0.15) is 13.3 Å². The van der Waals surface area contributed by atoms with Crippen molar-refractivity contribution in [3.05, 3.63) is 12.2 Å². The van der Waals surface area contributed by atoms with Crippen LogP contribution in [0.4, 0.5) is 0 Å². The van der Waals surface area contributed by atoms with Crippen molar-refractivity contribution in [2.45, 2.75) is 13.3 Å². The Morgan fingerprint density at radius 3 is 2.80 bits per heavy atom. The summed E-state index contributed by atoms with van der Waals surface area (Å²) in [5.74, 6) is 0. The number of rotatable bonds is 3. The topological polar surface area (TPSA) is 9.23 Å². The standard InChI is InChI=1S/C7H12OS2/c1-3-4-5-6-8-7(9)10-2/h4-5H,3,6H2,1-2H3/b5-4+. The normalized spacial score (nSPS) is 10.2. The minimum Gasteiger partial charge on any atom is -0.474 e. The predicted octanol–water partition coefficient (Wildman–Crippen LogP) is 2.62. The Morgan fingerprint density at radius 1 is 1.60 bits per heavy atom. The van der Waals surface area contributed by atoms with Gasteiger partial charge in [-0.2, -0.15) is 0 Å². The average molecular weight is 176 g/mol. The van der Waals surface area contributed by atoms with Crippen LogP contribution in [0.2, 0.25) is 0 Å². The van der Waals surface area contributed by atoms with Gasteiger partial charge in [0.15, 0.2) is 0 Å². The second-order valence-electron chi connectivity index (χ2n) is 1.64. The Balaban J connectivity index is 3.19. The Hall–Kier alpha value is -0.0200. The summed E-state index contributed by atoms with van der Waals surface area (Å²) in [4.78, 5) is 0. The van der Waals surface area contributed by atoms with Crippen LogP contribution in [-0.2, 0) is 4.74 Å². The molecule has 0 N–H and O–H groups in total. The molecule has 0 rings (SSSR count). The maximum Gasteiger partial charge on any atom is 0.220 e. The summed E-state index contributed by atoms with van der Waals surface area (Å²) >= 11 is 6.27. The lowest BCUT2D eigenvalue weighted by Crippen LogP contribution is -1.94. The van der Waals surface area contributed by atoms with Gasteiger partial charge >= 0.3 is 0 Å².